The molecule has 0 aliphatic heterocycles. The highest BCUT2D eigenvalue weighted by atomic mass is 79.9. The largest absolute Gasteiger partial charge is 0.468 e. The van der Waals surface area contributed by atoms with Crippen molar-refractivity contribution in [3.8, 4) is 0 Å². The van der Waals surface area contributed by atoms with Gasteiger partial charge in [-0.2, -0.15) is 0 Å². The predicted molar refractivity (Wildman–Crippen MR) is 48.4 cm³/mol. The molecule has 2 N–H and O–H groups in total. The van der Waals surface area contributed by atoms with Gasteiger partial charge in [0.05, 0.1) is 4.47 Å². The minimum atomic E-state index is 0.766. The maximum absolute atomic E-state index is 5.36. The first-order valence-electron chi connectivity index (χ1n) is 3.76. The standard InChI is InChI=1S/C8H12BrNO/c9-7-5-8(11-6-7)3-1-2-4-10/h5-6H,1-4,10H2. The normalized spacial score (nSPS) is 10.4. The molecule has 62 valence electrons. The predicted octanol–water partition coefficient (Wildman–Crippen LogP) is 2.32. The number of furan rings is 1. The zero-order valence-electron chi connectivity index (χ0n) is 6.35. The van der Waals surface area contributed by atoms with E-state index in [1.54, 1.807) is 6.26 Å². The van der Waals surface area contributed by atoms with Gasteiger partial charge in [0.25, 0.3) is 0 Å². The molecule has 1 heterocycles. The van der Waals surface area contributed by atoms with Crippen LogP contribution in [-0.2, 0) is 6.42 Å². The molecule has 2 nitrogen and oxygen atoms in total. The summed E-state index contributed by atoms with van der Waals surface area (Å²) >= 11 is 3.32. The van der Waals surface area contributed by atoms with E-state index in [0.29, 0.717) is 0 Å². The quantitative estimate of drug-likeness (QED) is 0.787. The lowest BCUT2D eigenvalue weighted by Gasteiger charge is -1.93. The smallest absolute Gasteiger partial charge is 0.105 e. The van der Waals surface area contributed by atoms with Crippen LogP contribution in [0.1, 0.15) is 18.6 Å². The van der Waals surface area contributed by atoms with E-state index in [4.69, 9.17) is 10.2 Å². The highest BCUT2D eigenvalue weighted by Gasteiger charge is 1.97. The van der Waals surface area contributed by atoms with Crippen molar-refractivity contribution in [3.63, 3.8) is 0 Å². The maximum atomic E-state index is 5.36. The van der Waals surface area contributed by atoms with Gasteiger partial charge in [0.15, 0.2) is 0 Å². The van der Waals surface area contributed by atoms with Crippen LogP contribution in [0.4, 0.5) is 0 Å². The number of nitrogens with two attached hydrogens (primary N) is 1. The summed E-state index contributed by atoms with van der Waals surface area (Å²) in [5.74, 6) is 1.03. The number of aryl methyl sites for hydroxylation is 1. The van der Waals surface area contributed by atoms with Crippen LogP contribution in [0, 0.1) is 0 Å². The molecule has 0 saturated carbocycles. The average Bonchev–Trinajstić information content (AvgIpc) is 2.37. The third-order valence-corrected chi connectivity index (χ3v) is 1.91. The Hall–Kier alpha value is -0.280. The summed E-state index contributed by atoms with van der Waals surface area (Å²) in [7, 11) is 0. The van der Waals surface area contributed by atoms with Crippen molar-refractivity contribution >= 4 is 15.9 Å². The van der Waals surface area contributed by atoms with Gasteiger partial charge < -0.3 is 10.2 Å². The molecule has 0 aliphatic carbocycles. The third-order valence-electron chi connectivity index (χ3n) is 1.50. The lowest BCUT2D eigenvalue weighted by atomic mass is 10.2. The number of halogens is 1. The van der Waals surface area contributed by atoms with Crippen molar-refractivity contribution in [1.29, 1.82) is 0 Å². The van der Waals surface area contributed by atoms with Crippen molar-refractivity contribution in [2.45, 2.75) is 19.3 Å². The molecule has 1 aromatic rings. The van der Waals surface area contributed by atoms with Crippen LogP contribution in [0.5, 0.6) is 0 Å². The van der Waals surface area contributed by atoms with Crippen molar-refractivity contribution < 1.29 is 4.42 Å². The third kappa shape index (κ3) is 3.08. The summed E-state index contributed by atoms with van der Waals surface area (Å²) in [4.78, 5) is 0. The zero-order valence-corrected chi connectivity index (χ0v) is 7.93. The van der Waals surface area contributed by atoms with Crippen molar-refractivity contribution in [1.82, 2.24) is 0 Å². The Kier molecular flexibility index (Phi) is 3.66. The molecule has 0 unspecified atom stereocenters. The molecule has 3 heteroatoms. The van der Waals surface area contributed by atoms with E-state index in [1.165, 1.54) is 0 Å². The summed E-state index contributed by atoms with van der Waals surface area (Å²) in [6.45, 7) is 0.766. The van der Waals surface area contributed by atoms with Crippen LogP contribution in [-0.4, -0.2) is 6.54 Å². The van der Waals surface area contributed by atoms with Gasteiger partial charge >= 0.3 is 0 Å². The molecule has 1 aromatic heterocycles. The lowest BCUT2D eigenvalue weighted by molar-refractivity contribution is 0.498. The van der Waals surface area contributed by atoms with Gasteiger partial charge in [-0.05, 0) is 41.4 Å². The van der Waals surface area contributed by atoms with E-state index in [2.05, 4.69) is 15.9 Å². The number of hydrogen-bond acceptors (Lipinski definition) is 2. The van der Waals surface area contributed by atoms with Gasteiger partial charge in [-0.1, -0.05) is 0 Å². The van der Waals surface area contributed by atoms with Gasteiger partial charge in [0, 0.05) is 6.42 Å². The Balaban J connectivity index is 2.27. The SMILES string of the molecule is NCCCCc1cc(Br)co1. The molecule has 0 radical (unpaired) electrons. The Morgan fingerprint density at radius 1 is 1.45 bits per heavy atom. The first-order chi connectivity index (χ1) is 5.33. The molecule has 0 amide bonds. The topological polar surface area (TPSA) is 39.2 Å². The van der Waals surface area contributed by atoms with Crippen LogP contribution < -0.4 is 5.73 Å². The summed E-state index contributed by atoms with van der Waals surface area (Å²) in [6.07, 6.45) is 4.87. The number of unbranched alkanes of at least 4 members (excludes halogenated alkanes) is 1. The molecular formula is C8H12BrNO. The molecule has 0 bridgehead atoms. The van der Waals surface area contributed by atoms with E-state index in [9.17, 15) is 0 Å². The highest BCUT2D eigenvalue weighted by molar-refractivity contribution is 9.10. The van der Waals surface area contributed by atoms with Crippen molar-refractivity contribution in [2.24, 2.45) is 5.73 Å². The minimum Gasteiger partial charge on any atom is -0.468 e. The molecule has 0 aliphatic rings. The average molecular weight is 218 g/mol. The Morgan fingerprint density at radius 2 is 2.27 bits per heavy atom. The molecule has 0 spiro atoms. The molecule has 0 aromatic carbocycles. The van der Waals surface area contributed by atoms with Gasteiger partial charge in [0.2, 0.25) is 0 Å². The monoisotopic (exact) mass is 217 g/mol. The van der Waals surface area contributed by atoms with E-state index >= 15 is 0 Å². The Bertz CT molecular complexity index is 210. The summed E-state index contributed by atoms with van der Waals surface area (Å²) in [5, 5.41) is 0. The molecule has 1 rings (SSSR count). The molecule has 0 atom stereocenters. The first-order valence-corrected chi connectivity index (χ1v) is 4.55. The van der Waals surface area contributed by atoms with Crippen molar-refractivity contribution in [3.05, 3.63) is 22.6 Å². The molecule has 0 saturated heterocycles. The van der Waals surface area contributed by atoms with E-state index < -0.39 is 0 Å². The Morgan fingerprint density at radius 3 is 2.82 bits per heavy atom. The Labute approximate surface area is 74.9 Å². The second-order valence-electron chi connectivity index (χ2n) is 2.48. The van der Waals surface area contributed by atoms with Crippen molar-refractivity contribution in [2.75, 3.05) is 6.54 Å². The van der Waals surface area contributed by atoms with Gasteiger partial charge in [-0.3, -0.25) is 0 Å². The van der Waals surface area contributed by atoms with Crippen LogP contribution in [0.25, 0.3) is 0 Å². The fourth-order valence-electron chi connectivity index (χ4n) is 0.928. The molecule has 0 fully saturated rings. The summed E-state index contributed by atoms with van der Waals surface area (Å²) in [5.41, 5.74) is 5.36. The lowest BCUT2D eigenvalue weighted by Crippen LogP contribution is -1.98. The van der Waals surface area contributed by atoms with E-state index in [-0.39, 0.29) is 0 Å². The van der Waals surface area contributed by atoms with Gasteiger partial charge in [0.1, 0.15) is 12.0 Å². The number of hydrogen-bond donors (Lipinski definition) is 1. The fourth-order valence-corrected chi connectivity index (χ4v) is 1.28. The second-order valence-corrected chi connectivity index (χ2v) is 3.39. The molecule has 11 heavy (non-hydrogen) atoms. The van der Waals surface area contributed by atoms with Gasteiger partial charge in [-0.15, -0.1) is 0 Å². The zero-order chi connectivity index (χ0) is 8.10. The van der Waals surface area contributed by atoms with Crippen LogP contribution in [0.2, 0.25) is 0 Å². The first kappa shape index (κ1) is 8.81. The minimum absolute atomic E-state index is 0.766. The highest BCUT2D eigenvalue weighted by Crippen LogP contribution is 2.15. The maximum Gasteiger partial charge on any atom is 0.105 e. The summed E-state index contributed by atoms with van der Waals surface area (Å²) < 4.78 is 6.24. The molecular weight excluding hydrogens is 206 g/mol. The summed E-state index contributed by atoms with van der Waals surface area (Å²) in [6, 6.07) is 2.00. The van der Waals surface area contributed by atoms with Crippen LogP contribution in [0.3, 0.4) is 0 Å². The van der Waals surface area contributed by atoms with E-state index in [1.807, 2.05) is 6.07 Å². The second kappa shape index (κ2) is 4.57. The fraction of sp³-hybridized carbons (Fsp3) is 0.500. The van der Waals surface area contributed by atoms with Crippen LogP contribution >= 0.6 is 15.9 Å². The van der Waals surface area contributed by atoms with Gasteiger partial charge in [-0.25, -0.2) is 0 Å². The van der Waals surface area contributed by atoms with Crippen LogP contribution in [0.15, 0.2) is 21.2 Å². The number of rotatable bonds is 4. The van der Waals surface area contributed by atoms with E-state index in [0.717, 1.165) is 36.0 Å².